The highest BCUT2D eigenvalue weighted by atomic mass is 32.2. The first kappa shape index (κ1) is 17.3. The maximum absolute atomic E-state index is 11.8. The van der Waals surface area contributed by atoms with E-state index in [0.29, 0.717) is 4.90 Å². The lowest BCUT2D eigenvalue weighted by Crippen LogP contribution is -2.46. The number of nitrogens with zero attached hydrogens (tertiary/aromatic N) is 1. The van der Waals surface area contributed by atoms with Gasteiger partial charge in [-0.1, -0.05) is 0 Å². The molecule has 0 spiro atoms. The second kappa shape index (κ2) is 5.94. The molecule has 0 aromatic carbocycles. The highest BCUT2D eigenvalue weighted by Crippen LogP contribution is 2.12. The fraction of sp³-hybridized carbons (Fsp3) is 0.583. The van der Waals surface area contributed by atoms with Crippen molar-refractivity contribution in [3.63, 3.8) is 0 Å². The van der Waals surface area contributed by atoms with E-state index in [2.05, 4.69) is 5.32 Å². The number of nitrogens with one attached hydrogen (secondary N) is 1. The van der Waals surface area contributed by atoms with Gasteiger partial charge < -0.3 is 5.32 Å². The lowest BCUT2D eigenvalue weighted by molar-refractivity contribution is -0.137. The van der Waals surface area contributed by atoms with Crippen LogP contribution in [0.5, 0.6) is 0 Å². The third kappa shape index (κ3) is 5.27. The van der Waals surface area contributed by atoms with Crippen LogP contribution >= 0.6 is 0 Å². The summed E-state index contributed by atoms with van der Waals surface area (Å²) >= 11 is 0. The number of rotatable bonds is 5. The molecule has 0 aromatic heterocycles. The van der Waals surface area contributed by atoms with Gasteiger partial charge in [-0.2, -0.15) is 8.42 Å². The number of amides is 3. The molecule has 9 heteroatoms. The highest BCUT2D eigenvalue weighted by molar-refractivity contribution is 7.86. The molecule has 0 fully saturated rings. The van der Waals surface area contributed by atoms with Crippen LogP contribution in [0, 0.1) is 0 Å². The van der Waals surface area contributed by atoms with E-state index >= 15 is 0 Å². The molecular formula is C12H18N2O6S. The van der Waals surface area contributed by atoms with Gasteiger partial charge in [-0.25, -0.2) is 0 Å². The zero-order valence-electron chi connectivity index (χ0n) is 12.0. The number of hydrogen-bond donors (Lipinski definition) is 2. The maximum Gasteiger partial charge on any atom is 0.270 e. The molecule has 1 rings (SSSR count). The Morgan fingerprint density at radius 3 is 2.14 bits per heavy atom. The first-order valence-corrected chi connectivity index (χ1v) is 7.71. The monoisotopic (exact) mass is 318 g/mol. The molecule has 0 saturated heterocycles. The van der Waals surface area contributed by atoms with Gasteiger partial charge >= 0.3 is 0 Å². The first-order chi connectivity index (χ1) is 9.40. The molecule has 3 amide bonds. The quantitative estimate of drug-likeness (QED) is 0.519. The molecule has 0 saturated carbocycles. The minimum absolute atomic E-state index is 0.548. The third-order valence-electron chi connectivity index (χ3n) is 2.64. The largest absolute Gasteiger partial charge is 0.351 e. The van der Waals surface area contributed by atoms with Gasteiger partial charge in [0.1, 0.15) is 5.25 Å². The standard InChI is InChI=1S/C12H18N2O6S/c1-12(2,3)13-9(15)6-8(21(18,19)20)7-14-10(16)4-5-11(14)17/h4-5,8H,6-7H2,1-3H3,(H,13,15)(H,18,19,20). The van der Waals surface area contributed by atoms with Crippen LogP contribution in [0.3, 0.4) is 0 Å². The van der Waals surface area contributed by atoms with E-state index in [-0.39, 0.29) is 0 Å². The van der Waals surface area contributed by atoms with Crippen LogP contribution in [0.1, 0.15) is 27.2 Å². The Bertz CT molecular complexity index is 569. The molecule has 21 heavy (non-hydrogen) atoms. The summed E-state index contributed by atoms with van der Waals surface area (Å²) < 4.78 is 31.9. The summed E-state index contributed by atoms with van der Waals surface area (Å²) in [7, 11) is -4.58. The summed E-state index contributed by atoms with van der Waals surface area (Å²) in [5, 5.41) is 0.988. The van der Waals surface area contributed by atoms with Crippen molar-refractivity contribution in [2.45, 2.75) is 38.0 Å². The van der Waals surface area contributed by atoms with Crippen LogP contribution in [-0.4, -0.2) is 52.9 Å². The minimum atomic E-state index is -4.58. The molecule has 1 unspecified atom stereocenters. The zero-order valence-corrected chi connectivity index (χ0v) is 12.8. The Labute approximate surface area is 122 Å². The Morgan fingerprint density at radius 2 is 1.76 bits per heavy atom. The molecule has 2 N–H and O–H groups in total. The Morgan fingerprint density at radius 1 is 1.29 bits per heavy atom. The summed E-state index contributed by atoms with van der Waals surface area (Å²) in [4.78, 5) is 35.2. The molecule has 0 aromatic rings. The van der Waals surface area contributed by atoms with Crippen LogP contribution in [0.15, 0.2) is 12.2 Å². The van der Waals surface area contributed by atoms with E-state index in [1.807, 2.05) is 0 Å². The van der Waals surface area contributed by atoms with Gasteiger partial charge in [0.05, 0.1) is 0 Å². The average molecular weight is 318 g/mol. The van der Waals surface area contributed by atoms with Crippen molar-refractivity contribution < 1.29 is 27.4 Å². The maximum atomic E-state index is 11.8. The summed E-state index contributed by atoms with van der Waals surface area (Å²) in [5.74, 6) is -1.95. The fourth-order valence-electron chi connectivity index (χ4n) is 1.75. The van der Waals surface area contributed by atoms with Crippen LogP contribution in [0.4, 0.5) is 0 Å². The van der Waals surface area contributed by atoms with E-state index in [1.54, 1.807) is 20.8 Å². The number of carbonyl (C=O) groups is 3. The number of hydrogen-bond acceptors (Lipinski definition) is 5. The Kier molecular flexibility index (Phi) is 4.90. The van der Waals surface area contributed by atoms with Gasteiger partial charge in [0.2, 0.25) is 5.91 Å². The van der Waals surface area contributed by atoms with Crippen LogP contribution in [0.25, 0.3) is 0 Å². The second-order valence-electron chi connectivity index (χ2n) is 5.76. The first-order valence-electron chi connectivity index (χ1n) is 6.21. The smallest absolute Gasteiger partial charge is 0.270 e. The van der Waals surface area contributed by atoms with E-state index < -0.39 is 51.6 Å². The molecule has 8 nitrogen and oxygen atoms in total. The van der Waals surface area contributed by atoms with Crippen molar-refractivity contribution in [3.05, 3.63) is 12.2 Å². The molecule has 0 aliphatic carbocycles. The molecule has 0 radical (unpaired) electrons. The Balaban J connectivity index is 2.81. The predicted molar refractivity (Wildman–Crippen MR) is 73.7 cm³/mol. The molecule has 118 valence electrons. The van der Waals surface area contributed by atoms with Gasteiger partial charge in [0.15, 0.2) is 0 Å². The lowest BCUT2D eigenvalue weighted by atomic mass is 10.1. The molecule has 1 heterocycles. The zero-order chi connectivity index (χ0) is 16.4. The highest BCUT2D eigenvalue weighted by Gasteiger charge is 2.34. The Hall–Kier alpha value is -1.74. The molecular weight excluding hydrogens is 300 g/mol. The van der Waals surface area contributed by atoms with E-state index in [1.165, 1.54) is 0 Å². The third-order valence-corrected chi connectivity index (χ3v) is 3.79. The number of carbonyl (C=O) groups excluding carboxylic acids is 3. The normalized spacial score (nSPS) is 17.2. The predicted octanol–water partition coefficient (Wildman–Crippen LogP) is -0.527. The van der Waals surface area contributed by atoms with Crippen molar-refractivity contribution in [3.8, 4) is 0 Å². The summed E-state index contributed by atoms with van der Waals surface area (Å²) in [6, 6.07) is 0. The minimum Gasteiger partial charge on any atom is -0.351 e. The molecule has 0 bridgehead atoms. The van der Waals surface area contributed by atoms with E-state index in [4.69, 9.17) is 0 Å². The van der Waals surface area contributed by atoms with E-state index in [9.17, 15) is 27.4 Å². The molecule has 1 aliphatic rings. The van der Waals surface area contributed by atoms with Crippen LogP contribution < -0.4 is 5.32 Å². The van der Waals surface area contributed by atoms with Gasteiger partial charge in [-0.15, -0.1) is 0 Å². The topological polar surface area (TPSA) is 121 Å². The summed E-state index contributed by atoms with van der Waals surface area (Å²) in [5.41, 5.74) is -0.568. The molecule has 1 atom stereocenters. The van der Waals surface area contributed by atoms with Gasteiger partial charge in [0.25, 0.3) is 21.9 Å². The van der Waals surface area contributed by atoms with E-state index in [0.717, 1.165) is 12.2 Å². The van der Waals surface area contributed by atoms with Crippen molar-refractivity contribution in [2.24, 2.45) is 0 Å². The van der Waals surface area contributed by atoms with Crippen LogP contribution in [-0.2, 0) is 24.5 Å². The van der Waals surface area contributed by atoms with Crippen molar-refractivity contribution >= 4 is 27.8 Å². The van der Waals surface area contributed by atoms with Crippen molar-refractivity contribution in [2.75, 3.05) is 6.54 Å². The second-order valence-corrected chi connectivity index (χ2v) is 7.46. The summed E-state index contributed by atoms with van der Waals surface area (Å²) in [6.07, 6.45) is 1.45. The molecule has 1 aliphatic heterocycles. The summed E-state index contributed by atoms with van der Waals surface area (Å²) in [6.45, 7) is 4.57. The SMILES string of the molecule is CC(C)(C)NC(=O)CC(CN1C(=O)C=CC1=O)S(=O)(=O)O. The fourth-order valence-corrected chi connectivity index (χ4v) is 2.45. The van der Waals surface area contributed by atoms with Crippen molar-refractivity contribution in [1.29, 1.82) is 0 Å². The van der Waals surface area contributed by atoms with Gasteiger partial charge in [-0.3, -0.25) is 23.8 Å². The van der Waals surface area contributed by atoms with Crippen molar-refractivity contribution in [1.82, 2.24) is 10.2 Å². The lowest BCUT2D eigenvalue weighted by Gasteiger charge is -2.24. The number of imide groups is 1. The van der Waals surface area contributed by atoms with Gasteiger partial charge in [-0.05, 0) is 20.8 Å². The van der Waals surface area contributed by atoms with Crippen LogP contribution in [0.2, 0.25) is 0 Å². The average Bonchev–Trinajstić information content (AvgIpc) is 2.55. The van der Waals surface area contributed by atoms with Gasteiger partial charge in [0, 0.05) is 30.7 Å².